The lowest BCUT2D eigenvalue weighted by molar-refractivity contribution is 0.123. The molecule has 0 radical (unpaired) electrons. The predicted octanol–water partition coefficient (Wildman–Crippen LogP) is 2.34. The van der Waals surface area contributed by atoms with Crippen molar-refractivity contribution in [2.45, 2.75) is 31.8 Å². The lowest BCUT2D eigenvalue weighted by atomic mass is 9.78. The molecule has 0 aliphatic heterocycles. The quantitative estimate of drug-likeness (QED) is 0.719. The SMILES string of the molecule is NOCc1ccccc1C1CCC1. The van der Waals surface area contributed by atoms with Gasteiger partial charge in [0.05, 0.1) is 6.61 Å². The Morgan fingerprint density at radius 3 is 2.69 bits per heavy atom. The number of rotatable bonds is 3. The van der Waals surface area contributed by atoms with Crippen LogP contribution in [-0.4, -0.2) is 0 Å². The minimum absolute atomic E-state index is 0.534. The van der Waals surface area contributed by atoms with Crippen molar-refractivity contribution in [3.63, 3.8) is 0 Å². The van der Waals surface area contributed by atoms with E-state index in [0.717, 1.165) is 5.92 Å². The van der Waals surface area contributed by atoms with E-state index in [1.807, 2.05) is 6.07 Å². The molecule has 0 aromatic heterocycles. The number of hydrogen-bond donors (Lipinski definition) is 1. The maximum Gasteiger partial charge on any atom is 0.0932 e. The first-order valence-corrected chi connectivity index (χ1v) is 4.81. The van der Waals surface area contributed by atoms with Crippen LogP contribution in [0.4, 0.5) is 0 Å². The maximum atomic E-state index is 5.09. The van der Waals surface area contributed by atoms with Crippen LogP contribution >= 0.6 is 0 Å². The summed E-state index contributed by atoms with van der Waals surface area (Å²) in [6, 6.07) is 8.42. The van der Waals surface area contributed by atoms with Crippen LogP contribution in [0.5, 0.6) is 0 Å². The number of nitrogens with two attached hydrogens (primary N) is 1. The topological polar surface area (TPSA) is 35.2 Å². The summed E-state index contributed by atoms with van der Waals surface area (Å²) in [6.07, 6.45) is 4.01. The van der Waals surface area contributed by atoms with Crippen LogP contribution < -0.4 is 5.90 Å². The van der Waals surface area contributed by atoms with Crippen LogP contribution in [0.2, 0.25) is 0 Å². The van der Waals surface area contributed by atoms with E-state index in [0.29, 0.717) is 6.61 Å². The molecule has 1 aromatic carbocycles. The van der Waals surface area contributed by atoms with E-state index in [9.17, 15) is 0 Å². The summed E-state index contributed by atoms with van der Waals surface area (Å²) in [6.45, 7) is 0.534. The van der Waals surface area contributed by atoms with Crippen LogP contribution in [0.3, 0.4) is 0 Å². The molecule has 0 amide bonds. The van der Waals surface area contributed by atoms with Gasteiger partial charge in [0.15, 0.2) is 0 Å². The number of hydrogen-bond acceptors (Lipinski definition) is 2. The fraction of sp³-hybridized carbons (Fsp3) is 0.455. The van der Waals surface area contributed by atoms with Gasteiger partial charge >= 0.3 is 0 Å². The monoisotopic (exact) mass is 177 g/mol. The number of benzene rings is 1. The zero-order chi connectivity index (χ0) is 9.10. The lowest BCUT2D eigenvalue weighted by Crippen LogP contribution is -2.12. The average Bonchev–Trinajstić information content (AvgIpc) is 2.05. The molecule has 0 unspecified atom stereocenters. The molecule has 1 fully saturated rings. The largest absolute Gasteiger partial charge is 0.300 e. The summed E-state index contributed by atoms with van der Waals surface area (Å²) in [7, 11) is 0. The Hall–Kier alpha value is -0.860. The zero-order valence-electron chi connectivity index (χ0n) is 7.70. The first-order chi connectivity index (χ1) is 6.42. The van der Waals surface area contributed by atoms with Gasteiger partial charge in [0.25, 0.3) is 0 Å². The van der Waals surface area contributed by atoms with Gasteiger partial charge in [0.2, 0.25) is 0 Å². The van der Waals surface area contributed by atoms with E-state index in [-0.39, 0.29) is 0 Å². The van der Waals surface area contributed by atoms with Crippen molar-refractivity contribution >= 4 is 0 Å². The van der Waals surface area contributed by atoms with Crippen molar-refractivity contribution in [3.05, 3.63) is 35.4 Å². The zero-order valence-corrected chi connectivity index (χ0v) is 7.70. The lowest BCUT2D eigenvalue weighted by Gasteiger charge is -2.27. The van der Waals surface area contributed by atoms with E-state index in [4.69, 9.17) is 5.90 Å². The average molecular weight is 177 g/mol. The molecule has 0 atom stereocenters. The van der Waals surface area contributed by atoms with Crippen LogP contribution in [0.25, 0.3) is 0 Å². The van der Waals surface area contributed by atoms with Gasteiger partial charge in [-0.1, -0.05) is 30.7 Å². The van der Waals surface area contributed by atoms with Crippen LogP contribution in [0.1, 0.15) is 36.3 Å². The Balaban J connectivity index is 2.20. The van der Waals surface area contributed by atoms with Crippen molar-refractivity contribution in [2.75, 3.05) is 0 Å². The summed E-state index contributed by atoms with van der Waals surface area (Å²) in [5.74, 6) is 5.84. The second kappa shape index (κ2) is 3.90. The first kappa shape index (κ1) is 8.73. The molecule has 2 N–H and O–H groups in total. The van der Waals surface area contributed by atoms with Crippen LogP contribution in [0, 0.1) is 0 Å². The van der Waals surface area contributed by atoms with Crippen LogP contribution in [-0.2, 0) is 11.4 Å². The van der Waals surface area contributed by atoms with E-state index >= 15 is 0 Å². The molecule has 70 valence electrons. The van der Waals surface area contributed by atoms with E-state index in [1.165, 1.54) is 30.4 Å². The summed E-state index contributed by atoms with van der Waals surface area (Å²) in [5.41, 5.74) is 2.67. The highest BCUT2D eigenvalue weighted by Gasteiger charge is 2.21. The normalized spacial score (nSPS) is 17.0. The molecule has 0 spiro atoms. The van der Waals surface area contributed by atoms with Gasteiger partial charge < -0.3 is 0 Å². The van der Waals surface area contributed by atoms with E-state index in [1.54, 1.807) is 0 Å². The molecule has 1 saturated carbocycles. The Bertz CT molecular complexity index is 281. The van der Waals surface area contributed by atoms with Gasteiger partial charge in [-0.2, -0.15) is 0 Å². The minimum atomic E-state index is 0.534. The smallest absolute Gasteiger partial charge is 0.0932 e. The first-order valence-electron chi connectivity index (χ1n) is 4.81. The van der Waals surface area contributed by atoms with Gasteiger partial charge in [-0.3, -0.25) is 4.84 Å². The Morgan fingerprint density at radius 2 is 2.08 bits per heavy atom. The van der Waals surface area contributed by atoms with Gasteiger partial charge in [0, 0.05) is 0 Å². The summed E-state index contributed by atoms with van der Waals surface area (Å²) in [4.78, 5) is 4.69. The van der Waals surface area contributed by atoms with E-state index in [2.05, 4.69) is 23.0 Å². The summed E-state index contributed by atoms with van der Waals surface area (Å²) < 4.78 is 0. The molecule has 0 saturated heterocycles. The predicted molar refractivity (Wildman–Crippen MR) is 52.0 cm³/mol. The third-order valence-corrected chi connectivity index (χ3v) is 2.84. The molecule has 1 aliphatic rings. The molecule has 2 rings (SSSR count). The summed E-state index contributed by atoms with van der Waals surface area (Å²) >= 11 is 0. The fourth-order valence-electron chi connectivity index (χ4n) is 1.87. The highest BCUT2D eigenvalue weighted by molar-refractivity contribution is 5.31. The molecule has 0 bridgehead atoms. The second-order valence-corrected chi connectivity index (χ2v) is 3.64. The molecule has 13 heavy (non-hydrogen) atoms. The molecule has 1 aliphatic carbocycles. The van der Waals surface area contributed by atoms with Crippen molar-refractivity contribution in [3.8, 4) is 0 Å². The molecular formula is C11H15NO. The van der Waals surface area contributed by atoms with Crippen molar-refractivity contribution in [2.24, 2.45) is 5.90 Å². The van der Waals surface area contributed by atoms with Gasteiger partial charge in [0.1, 0.15) is 0 Å². The second-order valence-electron chi connectivity index (χ2n) is 3.64. The third kappa shape index (κ3) is 1.74. The third-order valence-electron chi connectivity index (χ3n) is 2.84. The molecule has 2 heteroatoms. The van der Waals surface area contributed by atoms with Gasteiger partial charge in [-0.25, -0.2) is 5.90 Å². The Morgan fingerprint density at radius 1 is 1.31 bits per heavy atom. The Labute approximate surface area is 78.7 Å². The fourth-order valence-corrected chi connectivity index (χ4v) is 1.87. The van der Waals surface area contributed by atoms with E-state index < -0.39 is 0 Å². The van der Waals surface area contributed by atoms with Crippen molar-refractivity contribution in [1.82, 2.24) is 0 Å². The minimum Gasteiger partial charge on any atom is -0.300 e. The van der Waals surface area contributed by atoms with Crippen LogP contribution in [0.15, 0.2) is 24.3 Å². The highest BCUT2D eigenvalue weighted by Crippen LogP contribution is 2.37. The van der Waals surface area contributed by atoms with Gasteiger partial charge in [-0.05, 0) is 29.9 Å². The van der Waals surface area contributed by atoms with Crippen molar-refractivity contribution < 1.29 is 4.84 Å². The van der Waals surface area contributed by atoms with Gasteiger partial charge in [-0.15, -0.1) is 0 Å². The van der Waals surface area contributed by atoms with Crippen molar-refractivity contribution in [1.29, 1.82) is 0 Å². The highest BCUT2D eigenvalue weighted by atomic mass is 16.6. The summed E-state index contributed by atoms with van der Waals surface area (Å²) in [5, 5.41) is 0. The molecule has 1 aromatic rings. The molecular weight excluding hydrogens is 162 g/mol. The molecule has 2 nitrogen and oxygen atoms in total. The Kier molecular flexibility index (Phi) is 2.62. The standard InChI is InChI=1S/C11H15NO/c12-13-8-10-4-1-2-7-11(10)9-5-3-6-9/h1-2,4,7,9H,3,5-6,8,12H2. The maximum absolute atomic E-state index is 5.09. The molecule has 0 heterocycles.